The highest BCUT2D eigenvalue weighted by Gasteiger charge is 2.32. The fraction of sp³-hybridized carbons (Fsp3) is 0.227. The van der Waals surface area contributed by atoms with Crippen LogP contribution in [0, 0.1) is 0 Å². The second-order valence-corrected chi connectivity index (χ2v) is 7.65. The highest BCUT2D eigenvalue weighted by Crippen LogP contribution is 2.31. The van der Waals surface area contributed by atoms with E-state index in [1.54, 1.807) is 28.0 Å². The fourth-order valence-electron chi connectivity index (χ4n) is 3.88. The van der Waals surface area contributed by atoms with Crippen molar-refractivity contribution in [1.29, 1.82) is 0 Å². The molecule has 0 aliphatic carbocycles. The molecule has 11 heteroatoms. The van der Waals surface area contributed by atoms with Crippen molar-refractivity contribution in [3.63, 3.8) is 0 Å². The molecule has 1 fully saturated rings. The predicted octanol–water partition coefficient (Wildman–Crippen LogP) is 2.40. The van der Waals surface area contributed by atoms with Gasteiger partial charge >= 0.3 is 0 Å². The van der Waals surface area contributed by atoms with Crippen LogP contribution in [0.5, 0.6) is 0 Å². The molecule has 2 N–H and O–H groups in total. The van der Waals surface area contributed by atoms with E-state index in [0.717, 1.165) is 30.6 Å². The largest absolute Gasteiger partial charge is 0.327 e. The number of anilines is 1. The third kappa shape index (κ3) is 4.33. The summed E-state index contributed by atoms with van der Waals surface area (Å²) in [5.74, 6) is -0.0622. The molecule has 166 valence electrons. The maximum absolute atomic E-state index is 13.3. The Morgan fingerprint density at radius 2 is 1.97 bits per heavy atom. The summed E-state index contributed by atoms with van der Waals surface area (Å²) < 4.78 is 1.59. The van der Waals surface area contributed by atoms with E-state index < -0.39 is 0 Å². The molecule has 0 radical (unpaired) electrons. The van der Waals surface area contributed by atoms with Gasteiger partial charge in [0.2, 0.25) is 5.82 Å². The van der Waals surface area contributed by atoms with Gasteiger partial charge in [-0.2, -0.15) is 15.3 Å². The Labute approximate surface area is 188 Å². The zero-order chi connectivity index (χ0) is 22.6. The molecule has 1 aromatic carbocycles. The summed E-state index contributed by atoms with van der Waals surface area (Å²) in [6.07, 6.45) is 7.02. The van der Waals surface area contributed by atoms with E-state index in [9.17, 15) is 9.59 Å². The normalized spacial score (nSPS) is 15.9. The Morgan fingerprint density at radius 1 is 1.09 bits per heavy atom. The molecule has 1 atom stereocenters. The average Bonchev–Trinajstić information content (AvgIpc) is 3.55. The summed E-state index contributed by atoms with van der Waals surface area (Å²) in [5, 5.41) is 21.7. The Hall–Kier alpha value is -4.41. The number of likely N-dealkylation sites (tertiary alicyclic amines) is 1. The van der Waals surface area contributed by atoms with Crippen molar-refractivity contribution in [1.82, 2.24) is 40.1 Å². The summed E-state index contributed by atoms with van der Waals surface area (Å²) in [6.45, 7) is 0.590. The Morgan fingerprint density at radius 3 is 2.79 bits per heavy atom. The van der Waals surface area contributed by atoms with Crippen LogP contribution in [0.1, 0.15) is 52.0 Å². The van der Waals surface area contributed by atoms with Crippen LogP contribution in [0.15, 0.2) is 61.2 Å². The van der Waals surface area contributed by atoms with E-state index in [2.05, 4.69) is 35.8 Å². The lowest BCUT2D eigenvalue weighted by molar-refractivity contribution is 0.0593. The van der Waals surface area contributed by atoms with Gasteiger partial charge in [-0.25, -0.2) is 9.67 Å². The van der Waals surface area contributed by atoms with Gasteiger partial charge in [0.1, 0.15) is 6.33 Å². The molecule has 1 aliphatic heterocycles. The smallest absolute Gasteiger partial charge is 0.294 e. The quantitative estimate of drug-likeness (QED) is 0.483. The summed E-state index contributed by atoms with van der Waals surface area (Å²) in [5.41, 5.74) is 1.95. The van der Waals surface area contributed by atoms with Crippen LogP contribution in [-0.4, -0.2) is 58.4 Å². The third-order valence-corrected chi connectivity index (χ3v) is 5.51. The van der Waals surface area contributed by atoms with Crippen molar-refractivity contribution in [3.8, 4) is 5.69 Å². The second-order valence-electron chi connectivity index (χ2n) is 7.65. The minimum atomic E-state index is -0.338. The number of amides is 2. The van der Waals surface area contributed by atoms with Crippen LogP contribution >= 0.6 is 0 Å². The van der Waals surface area contributed by atoms with Crippen LogP contribution in [0.3, 0.4) is 0 Å². The standard InChI is InChI=1S/C22H21N9O2/c32-21(15-9-10-24-25-13-15)26-19-12-17(27-28-19)18-8-4-5-11-30(18)22(33)20-23-14-31(29-20)16-6-2-1-3-7-16/h1-3,6-7,9-10,12-14,18H,4-5,8,11H2,(H2,26,27,28,32). The van der Waals surface area contributed by atoms with Crippen LogP contribution < -0.4 is 5.32 Å². The average molecular weight is 443 g/mol. The van der Waals surface area contributed by atoms with Gasteiger partial charge in [0.15, 0.2) is 5.82 Å². The first-order chi connectivity index (χ1) is 16.2. The molecular formula is C22H21N9O2. The lowest BCUT2D eigenvalue weighted by atomic mass is 9.99. The molecule has 0 saturated carbocycles. The first-order valence-electron chi connectivity index (χ1n) is 10.6. The van der Waals surface area contributed by atoms with E-state index in [4.69, 9.17) is 0 Å². The zero-order valence-electron chi connectivity index (χ0n) is 17.6. The van der Waals surface area contributed by atoms with Crippen molar-refractivity contribution in [2.45, 2.75) is 25.3 Å². The molecule has 11 nitrogen and oxygen atoms in total. The van der Waals surface area contributed by atoms with Crippen LogP contribution in [0.2, 0.25) is 0 Å². The fourth-order valence-corrected chi connectivity index (χ4v) is 3.88. The minimum absolute atomic E-state index is 0.143. The summed E-state index contributed by atoms with van der Waals surface area (Å²) in [7, 11) is 0. The number of piperidine rings is 1. The lowest BCUT2D eigenvalue weighted by Gasteiger charge is -2.34. The van der Waals surface area contributed by atoms with Gasteiger partial charge in [-0.1, -0.05) is 18.2 Å². The van der Waals surface area contributed by atoms with Crippen LogP contribution in [0.4, 0.5) is 5.82 Å². The highest BCUT2D eigenvalue weighted by molar-refractivity contribution is 6.03. The topological polar surface area (TPSA) is 135 Å². The molecule has 33 heavy (non-hydrogen) atoms. The second kappa shape index (κ2) is 8.99. The number of H-pyrrole nitrogens is 1. The van der Waals surface area contributed by atoms with Gasteiger partial charge < -0.3 is 10.2 Å². The molecule has 0 spiro atoms. The number of aromatic amines is 1. The summed E-state index contributed by atoms with van der Waals surface area (Å²) in [4.78, 5) is 31.6. The Kier molecular flexibility index (Phi) is 5.58. The molecular weight excluding hydrogens is 422 g/mol. The van der Waals surface area contributed by atoms with Crippen molar-refractivity contribution in [2.24, 2.45) is 0 Å². The van der Waals surface area contributed by atoms with E-state index in [-0.39, 0.29) is 23.7 Å². The van der Waals surface area contributed by atoms with Crippen molar-refractivity contribution in [3.05, 3.63) is 78.3 Å². The Balaban J connectivity index is 1.33. The number of nitrogens with one attached hydrogen (secondary N) is 2. The predicted molar refractivity (Wildman–Crippen MR) is 118 cm³/mol. The van der Waals surface area contributed by atoms with Gasteiger partial charge in [-0.05, 0) is 37.5 Å². The SMILES string of the molecule is O=C(Nc1cc(C2CCCCN2C(=O)c2ncn(-c3ccccc3)n2)[nH]n1)c1ccnnc1. The molecule has 4 aromatic rings. The maximum Gasteiger partial charge on any atom is 0.294 e. The van der Waals surface area contributed by atoms with Gasteiger partial charge in [0.05, 0.1) is 35.4 Å². The third-order valence-electron chi connectivity index (χ3n) is 5.51. The monoisotopic (exact) mass is 443 g/mol. The van der Waals surface area contributed by atoms with Crippen molar-refractivity contribution in [2.75, 3.05) is 11.9 Å². The maximum atomic E-state index is 13.3. The molecule has 5 rings (SSSR count). The number of carbonyl (C=O) groups excluding carboxylic acids is 2. The number of aromatic nitrogens is 7. The summed E-state index contributed by atoms with van der Waals surface area (Å²) >= 11 is 0. The van der Waals surface area contributed by atoms with Crippen LogP contribution in [-0.2, 0) is 0 Å². The first-order valence-corrected chi connectivity index (χ1v) is 10.6. The van der Waals surface area contributed by atoms with E-state index in [1.165, 1.54) is 12.4 Å². The number of para-hydroxylation sites is 1. The molecule has 1 saturated heterocycles. The number of carbonyl (C=O) groups is 2. The van der Waals surface area contributed by atoms with E-state index in [0.29, 0.717) is 17.9 Å². The van der Waals surface area contributed by atoms with Gasteiger partial charge in [-0.15, -0.1) is 5.10 Å². The molecule has 2 amide bonds. The summed E-state index contributed by atoms with van der Waals surface area (Å²) in [6, 6.07) is 12.6. The molecule has 4 heterocycles. The number of hydrogen-bond donors (Lipinski definition) is 2. The van der Waals surface area contributed by atoms with E-state index >= 15 is 0 Å². The van der Waals surface area contributed by atoms with E-state index in [1.807, 2.05) is 30.3 Å². The van der Waals surface area contributed by atoms with Gasteiger partial charge in [-0.3, -0.25) is 14.7 Å². The molecule has 1 aliphatic rings. The minimum Gasteiger partial charge on any atom is -0.327 e. The lowest BCUT2D eigenvalue weighted by Crippen LogP contribution is -2.39. The van der Waals surface area contributed by atoms with Gasteiger partial charge in [0.25, 0.3) is 11.8 Å². The van der Waals surface area contributed by atoms with Crippen molar-refractivity contribution >= 4 is 17.6 Å². The van der Waals surface area contributed by atoms with Gasteiger partial charge in [0, 0.05) is 12.6 Å². The highest BCUT2D eigenvalue weighted by atomic mass is 16.2. The van der Waals surface area contributed by atoms with Crippen molar-refractivity contribution < 1.29 is 9.59 Å². The number of hydrogen-bond acceptors (Lipinski definition) is 7. The zero-order valence-corrected chi connectivity index (χ0v) is 17.6. The number of rotatable bonds is 5. The molecule has 3 aromatic heterocycles. The van der Waals surface area contributed by atoms with Crippen LogP contribution in [0.25, 0.3) is 5.69 Å². The number of benzene rings is 1. The molecule has 0 bridgehead atoms. The Bertz CT molecular complexity index is 1250. The molecule has 1 unspecified atom stereocenters. The first kappa shape index (κ1) is 20.5. The number of nitrogens with zero attached hydrogens (tertiary/aromatic N) is 7.